The summed E-state index contributed by atoms with van der Waals surface area (Å²) in [5.74, 6) is -0.590. The van der Waals surface area contributed by atoms with Crippen LogP contribution in [0.1, 0.15) is 29.6 Å². The fourth-order valence-electron chi connectivity index (χ4n) is 2.63. The van der Waals surface area contributed by atoms with E-state index in [0.717, 1.165) is 19.3 Å². The van der Waals surface area contributed by atoms with Gasteiger partial charge in [-0.1, -0.05) is 6.42 Å². The Balaban J connectivity index is 2.22. The maximum absolute atomic E-state index is 13.2. The molecule has 0 heterocycles. The highest BCUT2D eigenvalue weighted by molar-refractivity contribution is 5.95. The zero-order valence-corrected chi connectivity index (χ0v) is 11.0. The molecule has 5 heteroatoms. The SMILES string of the molecule is COC(=O)c1cc(F)ccc1NC1CCCC1CN. The molecule has 19 heavy (non-hydrogen) atoms. The Labute approximate surface area is 112 Å². The van der Waals surface area contributed by atoms with Crippen molar-refractivity contribution in [2.75, 3.05) is 19.0 Å². The van der Waals surface area contributed by atoms with Crippen LogP contribution < -0.4 is 11.1 Å². The lowest BCUT2D eigenvalue weighted by Gasteiger charge is -2.22. The van der Waals surface area contributed by atoms with Crippen LogP contribution in [-0.2, 0) is 4.74 Å². The minimum Gasteiger partial charge on any atom is -0.465 e. The van der Waals surface area contributed by atoms with E-state index in [9.17, 15) is 9.18 Å². The predicted octanol–water partition coefficient (Wildman–Crippen LogP) is 2.15. The Morgan fingerprint density at radius 1 is 1.53 bits per heavy atom. The lowest BCUT2D eigenvalue weighted by atomic mass is 10.0. The molecule has 0 amide bonds. The average Bonchev–Trinajstić information content (AvgIpc) is 2.87. The van der Waals surface area contributed by atoms with Crippen molar-refractivity contribution in [3.05, 3.63) is 29.6 Å². The summed E-state index contributed by atoms with van der Waals surface area (Å²) in [5.41, 5.74) is 6.57. The highest BCUT2D eigenvalue weighted by Gasteiger charge is 2.27. The van der Waals surface area contributed by atoms with Crippen molar-refractivity contribution in [2.24, 2.45) is 11.7 Å². The normalized spacial score (nSPS) is 22.3. The van der Waals surface area contributed by atoms with Gasteiger partial charge in [-0.25, -0.2) is 9.18 Å². The molecule has 4 nitrogen and oxygen atoms in total. The molecule has 0 aliphatic heterocycles. The molecule has 2 unspecified atom stereocenters. The van der Waals surface area contributed by atoms with Gasteiger partial charge in [0.1, 0.15) is 5.82 Å². The maximum atomic E-state index is 13.2. The van der Waals surface area contributed by atoms with Gasteiger partial charge in [0, 0.05) is 11.7 Å². The van der Waals surface area contributed by atoms with Gasteiger partial charge in [-0.3, -0.25) is 0 Å². The van der Waals surface area contributed by atoms with Gasteiger partial charge in [-0.05, 0) is 43.5 Å². The molecule has 1 aromatic rings. The number of nitrogens with two attached hydrogens (primary N) is 1. The third-order valence-electron chi connectivity index (χ3n) is 3.69. The fraction of sp³-hybridized carbons (Fsp3) is 0.500. The molecule has 2 atom stereocenters. The van der Waals surface area contributed by atoms with Crippen LogP contribution in [0.15, 0.2) is 18.2 Å². The summed E-state index contributed by atoms with van der Waals surface area (Å²) in [6, 6.07) is 4.34. The van der Waals surface area contributed by atoms with Gasteiger partial charge in [0.2, 0.25) is 0 Å². The number of esters is 1. The van der Waals surface area contributed by atoms with Crippen LogP contribution in [0.4, 0.5) is 10.1 Å². The molecule has 0 aromatic heterocycles. The Hall–Kier alpha value is -1.62. The average molecular weight is 266 g/mol. The molecule has 1 aliphatic rings. The van der Waals surface area contributed by atoms with E-state index in [0.29, 0.717) is 18.2 Å². The molecular weight excluding hydrogens is 247 g/mol. The predicted molar refractivity (Wildman–Crippen MR) is 71.5 cm³/mol. The zero-order valence-electron chi connectivity index (χ0n) is 11.0. The fourth-order valence-corrected chi connectivity index (χ4v) is 2.63. The first-order chi connectivity index (χ1) is 9.15. The Morgan fingerprint density at radius 3 is 3.00 bits per heavy atom. The Morgan fingerprint density at radius 2 is 2.32 bits per heavy atom. The van der Waals surface area contributed by atoms with Gasteiger partial charge >= 0.3 is 5.97 Å². The highest BCUT2D eigenvalue weighted by atomic mass is 19.1. The number of methoxy groups -OCH3 is 1. The van der Waals surface area contributed by atoms with E-state index in [1.165, 1.54) is 19.2 Å². The largest absolute Gasteiger partial charge is 0.465 e. The summed E-state index contributed by atoms with van der Waals surface area (Å²) in [6.07, 6.45) is 3.22. The van der Waals surface area contributed by atoms with Gasteiger partial charge in [0.15, 0.2) is 0 Å². The molecule has 104 valence electrons. The van der Waals surface area contributed by atoms with E-state index < -0.39 is 11.8 Å². The molecule has 1 saturated carbocycles. The second-order valence-electron chi connectivity index (χ2n) is 4.86. The van der Waals surface area contributed by atoms with Crippen LogP contribution in [0.3, 0.4) is 0 Å². The summed E-state index contributed by atoms with van der Waals surface area (Å²) in [4.78, 5) is 11.7. The van der Waals surface area contributed by atoms with Gasteiger partial charge in [0.25, 0.3) is 0 Å². The van der Waals surface area contributed by atoms with E-state index in [4.69, 9.17) is 5.73 Å². The van der Waals surface area contributed by atoms with Crippen molar-refractivity contribution >= 4 is 11.7 Å². The van der Waals surface area contributed by atoms with Crippen molar-refractivity contribution in [2.45, 2.75) is 25.3 Å². The number of carbonyl (C=O) groups is 1. The second kappa shape index (κ2) is 6.02. The van der Waals surface area contributed by atoms with Crippen LogP contribution >= 0.6 is 0 Å². The third-order valence-corrected chi connectivity index (χ3v) is 3.69. The van der Waals surface area contributed by atoms with Crippen LogP contribution in [0, 0.1) is 11.7 Å². The molecule has 0 saturated heterocycles. The first-order valence-electron chi connectivity index (χ1n) is 6.50. The number of rotatable bonds is 4. The quantitative estimate of drug-likeness (QED) is 0.820. The smallest absolute Gasteiger partial charge is 0.340 e. The molecule has 2 rings (SSSR count). The third kappa shape index (κ3) is 3.04. The molecule has 3 N–H and O–H groups in total. The Kier molecular flexibility index (Phi) is 4.37. The lowest BCUT2D eigenvalue weighted by Crippen LogP contribution is -2.30. The molecule has 0 radical (unpaired) electrons. The van der Waals surface area contributed by atoms with Crippen LogP contribution in [0.25, 0.3) is 0 Å². The number of hydrogen-bond donors (Lipinski definition) is 2. The summed E-state index contributed by atoms with van der Waals surface area (Å²) >= 11 is 0. The van der Waals surface area contributed by atoms with Crippen molar-refractivity contribution in [3.63, 3.8) is 0 Å². The number of anilines is 1. The van der Waals surface area contributed by atoms with Crippen LogP contribution in [-0.4, -0.2) is 25.7 Å². The van der Waals surface area contributed by atoms with Crippen molar-refractivity contribution < 1.29 is 13.9 Å². The van der Waals surface area contributed by atoms with Crippen molar-refractivity contribution in [1.29, 1.82) is 0 Å². The second-order valence-corrected chi connectivity index (χ2v) is 4.86. The number of halogens is 1. The van der Waals surface area contributed by atoms with Gasteiger partial charge in [0.05, 0.1) is 12.7 Å². The Bertz CT molecular complexity index is 465. The molecule has 1 fully saturated rings. The number of ether oxygens (including phenoxy) is 1. The summed E-state index contributed by atoms with van der Waals surface area (Å²) in [7, 11) is 1.29. The number of hydrogen-bond acceptors (Lipinski definition) is 4. The summed E-state index contributed by atoms with van der Waals surface area (Å²) in [5, 5.41) is 3.31. The standard InChI is InChI=1S/C14H19FN2O2/c1-19-14(18)11-7-10(15)5-6-13(11)17-12-4-2-3-9(12)8-16/h5-7,9,12,17H,2-4,8,16H2,1H3. The van der Waals surface area contributed by atoms with Gasteiger partial charge in [-0.2, -0.15) is 0 Å². The van der Waals surface area contributed by atoms with E-state index in [-0.39, 0.29) is 11.6 Å². The minimum atomic E-state index is -0.538. The molecular formula is C14H19FN2O2. The van der Waals surface area contributed by atoms with E-state index in [1.807, 2.05) is 0 Å². The van der Waals surface area contributed by atoms with Crippen molar-refractivity contribution in [1.82, 2.24) is 0 Å². The maximum Gasteiger partial charge on any atom is 0.340 e. The number of nitrogens with one attached hydrogen (secondary N) is 1. The lowest BCUT2D eigenvalue weighted by molar-refractivity contribution is 0.0601. The first kappa shape index (κ1) is 13.8. The topological polar surface area (TPSA) is 64.3 Å². The van der Waals surface area contributed by atoms with E-state index >= 15 is 0 Å². The highest BCUT2D eigenvalue weighted by Crippen LogP contribution is 2.29. The molecule has 0 bridgehead atoms. The first-order valence-corrected chi connectivity index (χ1v) is 6.50. The molecule has 1 aromatic carbocycles. The number of benzene rings is 1. The molecule has 1 aliphatic carbocycles. The van der Waals surface area contributed by atoms with Gasteiger partial charge in [-0.15, -0.1) is 0 Å². The van der Waals surface area contributed by atoms with Crippen LogP contribution in [0.2, 0.25) is 0 Å². The minimum absolute atomic E-state index is 0.227. The summed E-state index contributed by atoms with van der Waals surface area (Å²) in [6.45, 7) is 0.617. The van der Waals surface area contributed by atoms with E-state index in [1.54, 1.807) is 6.07 Å². The summed E-state index contributed by atoms with van der Waals surface area (Å²) < 4.78 is 17.9. The zero-order chi connectivity index (χ0) is 13.8. The monoisotopic (exact) mass is 266 g/mol. The van der Waals surface area contributed by atoms with Crippen molar-refractivity contribution in [3.8, 4) is 0 Å². The van der Waals surface area contributed by atoms with E-state index in [2.05, 4.69) is 10.1 Å². The number of carbonyl (C=O) groups excluding carboxylic acids is 1. The van der Waals surface area contributed by atoms with Gasteiger partial charge < -0.3 is 15.8 Å². The molecule has 0 spiro atoms. The van der Waals surface area contributed by atoms with Crippen LogP contribution in [0.5, 0.6) is 0 Å².